The first kappa shape index (κ1) is 21.4. The van der Waals surface area contributed by atoms with Crippen LogP contribution in [0.2, 0.25) is 10.0 Å². The van der Waals surface area contributed by atoms with Crippen molar-refractivity contribution in [3.63, 3.8) is 0 Å². The molecule has 136 valence electrons. The van der Waals surface area contributed by atoms with Crippen molar-refractivity contribution in [1.82, 2.24) is 4.90 Å². The molecule has 0 heterocycles. The van der Waals surface area contributed by atoms with Gasteiger partial charge >= 0.3 is 6.09 Å². The van der Waals surface area contributed by atoms with E-state index < -0.39 is 5.60 Å². The molecule has 1 aromatic rings. The summed E-state index contributed by atoms with van der Waals surface area (Å²) in [5.41, 5.74) is -0.247. The van der Waals surface area contributed by atoms with Crippen molar-refractivity contribution in [1.29, 1.82) is 0 Å². The standard InChI is InChI=1S/C17H25BrCl2N2O2/c1-16(2,3)22(15(23)24-17(4,5)6)8-7-21-14-12(19)9-11(18)10-13(14)20/h9-10,21H,7-8H2,1-6H3. The first-order valence-corrected chi connectivity index (χ1v) is 9.25. The maximum Gasteiger partial charge on any atom is 0.410 e. The van der Waals surface area contributed by atoms with Gasteiger partial charge in [-0.25, -0.2) is 4.79 Å². The quantitative estimate of drug-likeness (QED) is 0.606. The molecule has 4 nitrogen and oxygen atoms in total. The van der Waals surface area contributed by atoms with E-state index >= 15 is 0 Å². The molecule has 7 heteroatoms. The third-order valence-electron chi connectivity index (χ3n) is 3.07. The number of nitrogens with one attached hydrogen (secondary N) is 1. The lowest BCUT2D eigenvalue weighted by atomic mass is 10.1. The zero-order valence-electron chi connectivity index (χ0n) is 15.0. The van der Waals surface area contributed by atoms with E-state index in [4.69, 9.17) is 27.9 Å². The van der Waals surface area contributed by atoms with Crippen LogP contribution in [0.5, 0.6) is 0 Å². The largest absolute Gasteiger partial charge is 0.444 e. The number of benzene rings is 1. The number of halogens is 3. The van der Waals surface area contributed by atoms with E-state index in [-0.39, 0.29) is 11.6 Å². The first-order chi connectivity index (χ1) is 10.8. The van der Waals surface area contributed by atoms with Gasteiger partial charge in [0.2, 0.25) is 0 Å². The number of ether oxygens (including phenoxy) is 1. The average molecular weight is 440 g/mol. The molecule has 0 bridgehead atoms. The molecule has 1 amide bonds. The van der Waals surface area contributed by atoms with Gasteiger partial charge in [-0.3, -0.25) is 0 Å². The van der Waals surface area contributed by atoms with Crippen LogP contribution in [0.1, 0.15) is 41.5 Å². The molecule has 0 spiro atoms. The van der Waals surface area contributed by atoms with Gasteiger partial charge in [0, 0.05) is 23.1 Å². The summed E-state index contributed by atoms with van der Waals surface area (Å²) in [6, 6.07) is 3.54. The summed E-state index contributed by atoms with van der Waals surface area (Å²) in [4.78, 5) is 14.1. The molecule has 0 radical (unpaired) electrons. The topological polar surface area (TPSA) is 41.6 Å². The number of amides is 1. The highest BCUT2D eigenvalue weighted by Gasteiger charge is 2.30. The normalized spacial score (nSPS) is 12.0. The van der Waals surface area contributed by atoms with Gasteiger partial charge in [-0.05, 0) is 53.7 Å². The lowest BCUT2D eigenvalue weighted by Gasteiger charge is -2.37. The Morgan fingerprint density at radius 3 is 2.08 bits per heavy atom. The highest BCUT2D eigenvalue weighted by molar-refractivity contribution is 9.10. The van der Waals surface area contributed by atoms with Gasteiger partial charge < -0.3 is 15.0 Å². The number of anilines is 1. The number of hydrogen-bond donors (Lipinski definition) is 1. The molecule has 24 heavy (non-hydrogen) atoms. The number of nitrogens with zero attached hydrogens (tertiary/aromatic N) is 1. The second-order valence-corrected chi connectivity index (χ2v) is 9.20. The molecular formula is C17H25BrCl2N2O2. The van der Waals surface area contributed by atoms with E-state index in [1.165, 1.54) is 0 Å². The predicted octanol–water partition coefficient (Wildman–Crippen LogP) is 6.20. The smallest absolute Gasteiger partial charge is 0.410 e. The van der Waals surface area contributed by atoms with Gasteiger partial charge in [-0.2, -0.15) is 0 Å². The van der Waals surface area contributed by atoms with Crippen LogP contribution >= 0.6 is 39.1 Å². The Labute approximate surface area is 163 Å². The van der Waals surface area contributed by atoms with Crippen LogP contribution in [0.15, 0.2) is 16.6 Å². The Morgan fingerprint density at radius 1 is 1.17 bits per heavy atom. The molecular weight excluding hydrogens is 415 g/mol. The summed E-state index contributed by atoms with van der Waals surface area (Å²) < 4.78 is 6.31. The van der Waals surface area contributed by atoms with Crippen molar-refractivity contribution >= 4 is 50.9 Å². The summed E-state index contributed by atoms with van der Waals surface area (Å²) in [6.07, 6.45) is -0.343. The Bertz CT molecular complexity index is 572. The maximum absolute atomic E-state index is 12.4. The molecule has 1 aromatic carbocycles. The molecule has 0 unspecified atom stereocenters. The summed E-state index contributed by atoms with van der Waals surface area (Å²) in [5.74, 6) is 0. The predicted molar refractivity (Wildman–Crippen MR) is 105 cm³/mol. The van der Waals surface area contributed by atoms with Crippen molar-refractivity contribution in [2.75, 3.05) is 18.4 Å². The number of rotatable bonds is 4. The number of hydrogen-bond acceptors (Lipinski definition) is 3. The molecule has 0 saturated carbocycles. The highest BCUT2D eigenvalue weighted by Crippen LogP contribution is 2.33. The number of carbonyl (C=O) groups is 1. The van der Waals surface area contributed by atoms with E-state index in [1.54, 1.807) is 17.0 Å². The zero-order valence-corrected chi connectivity index (χ0v) is 18.1. The number of carbonyl (C=O) groups excluding carboxylic acids is 1. The molecule has 0 fully saturated rings. The molecule has 0 aliphatic carbocycles. The fourth-order valence-electron chi connectivity index (χ4n) is 2.02. The lowest BCUT2D eigenvalue weighted by molar-refractivity contribution is 0.00749. The van der Waals surface area contributed by atoms with Crippen LogP contribution in [0.3, 0.4) is 0 Å². The van der Waals surface area contributed by atoms with Crippen LogP contribution in [-0.4, -0.2) is 35.2 Å². The molecule has 0 aliphatic heterocycles. The maximum atomic E-state index is 12.4. The second kappa shape index (κ2) is 8.15. The zero-order chi connectivity index (χ0) is 18.7. The van der Waals surface area contributed by atoms with Gasteiger partial charge in [-0.15, -0.1) is 0 Å². The minimum atomic E-state index is -0.535. The van der Waals surface area contributed by atoms with Gasteiger partial charge in [0.25, 0.3) is 0 Å². The Balaban J connectivity index is 2.79. The fraction of sp³-hybridized carbons (Fsp3) is 0.588. The molecule has 0 aliphatic rings. The third kappa shape index (κ3) is 6.69. The van der Waals surface area contributed by atoms with E-state index in [1.807, 2.05) is 41.5 Å². The van der Waals surface area contributed by atoms with Crippen molar-refractivity contribution in [2.45, 2.75) is 52.7 Å². The van der Waals surface area contributed by atoms with Gasteiger partial charge in [0.15, 0.2) is 0 Å². The first-order valence-electron chi connectivity index (χ1n) is 7.70. The van der Waals surface area contributed by atoms with Gasteiger partial charge in [0.05, 0.1) is 15.7 Å². The Morgan fingerprint density at radius 2 is 1.67 bits per heavy atom. The van der Waals surface area contributed by atoms with Crippen molar-refractivity contribution in [2.24, 2.45) is 0 Å². The van der Waals surface area contributed by atoms with Crippen molar-refractivity contribution in [3.05, 3.63) is 26.7 Å². The van der Waals surface area contributed by atoms with E-state index in [9.17, 15) is 4.79 Å². The summed E-state index contributed by atoms with van der Waals surface area (Å²) in [5, 5.41) is 4.24. The van der Waals surface area contributed by atoms with Crippen LogP contribution in [-0.2, 0) is 4.74 Å². The third-order valence-corrected chi connectivity index (χ3v) is 4.12. The summed E-state index contributed by atoms with van der Waals surface area (Å²) in [7, 11) is 0. The van der Waals surface area contributed by atoms with Crippen LogP contribution < -0.4 is 5.32 Å². The van der Waals surface area contributed by atoms with E-state index in [0.717, 1.165) is 4.47 Å². The van der Waals surface area contributed by atoms with E-state index in [0.29, 0.717) is 28.8 Å². The molecule has 0 atom stereocenters. The molecule has 1 rings (SSSR count). The molecule has 0 aromatic heterocycles. The summed E-state index contributed by atoms with van der Waals surface area (Å²) >= 11 is 15.8. The van der Waals surface area contributed by atoms with Gasteiger partial charge in [-0.1, -0.05) is 39.1 Å². The monoisotopic (exact) mass is 438 g/mol. The van der Waals surface area contributed by atoms with Crippen molar-refractivity contribution < 1.29 is 9.53 Å². The lowest BCUT2D eigenvalue weighted by Crippen LogP contribution is -2.49. The SMILES string of the molecule is CC(C)(C)OC(=O)N(CCNc1c(Cl)cc(Br)cc1Cl)C(C)(C)C. The fourth-order valence-corrected chi connectivity index (χ4v) is 3.36. The van der Waals surface area contributed by atoms with Crippen LogP contribution in [0, 0.1) is 0 Å². The summed E-state index contributed by atoms with van der Waals surface area (Å²) in [6.45, 7) is 12.4. The minimum absolute atomic E-state index is 0.343. The second-order valence-electron chi connectivity index (χ2n) is 7.47. The van der Waals surface area contributed by atoms with Gasteiger partial charge in [0.1, 0.15) is 5.60 Å². The Hall–Kier alpha value is -0.650. The average Bonchev–Trinajstić information content (AvgIpc) is 2.32. The van der Waals surface area contributed by atoms with Crippen LogP contribution in [0.4, 0.5) is 10.5 Å². The van der Waals surface area contributed by atoms with Crippen molar-refractivity contribution in [3.8, 4) is 0 Å². The Kier molecular flexibility index (Phi) is 7.27. The van der Waals surface area contributed by atoms with E-state index in [2.05, 4.69) is 21.2 Å². The molecule has 0 saturated heterocycles. The highest BCUT2D eigenvalue weighted by atomic mass is 79.9. The molecule has 1 N–H and O–H groups in total. The minimum Gasteiger partial charge on any atom is -0.444 e. The van der Waals surface area contributed by atoms with Crippen LogP contribution in [0.25, 0.3) is 0 Å².